The minimum absolute atomic E-state index is 0.247. The number of carboxylic acids is 1. The zero-order valence-corrected chi connectivity index (χ0v) is 13.0. The molecule has 8 heteroatoms. The Balaban J connectivity index is 2.12. The van der Waals surface area contributed by atoms with Crippen molar-refractivity contribution in [3.8, 4) is 0 Å². The minimum atomic E-state index is -4.39. The molecule has 0 saturated carbocycles. The highest BCUT2D eigenvalue weighted by Crippen LogP contribution is 2.44. The van der Waals surface area contributed by atoms with Crippen molar-refractivity contribution < 1.29 is 28.6 Å². The molecule has 1 unspecified atom stereocenters. The van der Waals surface area contributed by atoms with Crippen molar-refractivity contribution in [2.75, 3.05) is 12.8 Å². The molecule has 0 aromatic carbocycles. The van der Waals surface area contributed by atoms with Gasteiger partial charge in [0.25, 0.3) is 0 Å². The van der Waals surface area contributed by atoms with Crippen LogP contribution in [0.2, 0.25) is 0 Å². The number of amides is 1. The van der Waals surface area contributed by atoms with E-state index in [0.717, 1.165) is 19.3 Å². The van der Waals surface area contributed by atoms with Gasteiger partial charge in [0, 0.05) is 32.4 Å². The van der Waals surface area contributed by atoms with Crippen LogP contribution >= 0.6 is 7.37 Å². The first-order chi connectivity index (χ1) is 10.4. The van der Waals surface area contributed by atoms with Crippen molar-refractivity contribution in [3.05, 3.63) is 24.2 Å². The van der Waals surface area contributed by atoms with Crippen molar-refractivity contribution in [1.29, 1.82) is 0 Å². The largest absolute Gasteiger partial charge is 0.798 e. The Labute approximate surface area is 128 Å². The highest BCUT2D eigenvalue weighted by atomic mass is 31.2. The second-order valence-corrected chi connectivity index (χ2v) is 7.81. The van der Waals surface area contributed by atoms with Crippen molar-refractivity contribution in [3.63, 3.8) is 0 Å². The third-order valence-corrected chi connectivity index (χ3v) is 5.84. The van der Waals surface area contributed by atoms with Crippen LogP contribution in [0.3, 0.4) is 0 Å². The quantitative estimate of drug-likeness (QED) is 0.676. The zero-order chi connectivity index (χ0) is 16.2. The number of hydrogen-bond acceptors (Lipinski definition) is 6. The standard InChI is InChI=1S/C14H20NO6P/c16-13-6-2-1-3-7-15(13)10-22(19,20)12(14(17)18)9-11-5-4-8-21-11/h4-5,8,12H,1-3,6-7,9-10H2,(H,17,18)(H,19,20)/p-2/t12-/m1/s1. The fourth-order valence-electron chi connectivity index (χ4n) is 2.53. The highest BCUT2D eigenvalue weighted by molar-refractivity contribution is 7.58. The summed E-state index contributed by atoms with van der Waals surface area (Å²) in [5.41, 5.74) is -1.70. The molecule has 1 amide bonds. The first-order valence-electron chi connectivity index (χ1n) is 7.21. The van der Waals surface area contributed by atoms with Crippen LogP contribution in [-0.4, -0.2) is 35.3 Å². The molecule has 1 aliphatic rings. The molecule has 1 fully saturated rings. The van der Waals surface area contributed by atoms with Gasteiger partial charge < -0.3 is 28.7 Å². The van der Waals surface area contributed by atoms with E-state index in [1.54, 1.807) is 6.07 Å². The summed E-state index contributed by atoms with van der Waals surface area (Å²) in [6, 6.07) is 3.06. The van der Waals surface area contributed by atoms with Gasteiger partial charge in [0.05, 0.1) is 18.5 Å². The zero-order valence-electron chi connectivity index (χ0n) is 12.1. The smallest absolute Gasteiger partial charge is 0.222 e. The topological polar surface area (TPSA) is 114 Å². The average Bonchev–Trinajstić information content (AvgIpc) is 2.88. The molecule has 1 aromatic rings. The van der Waals surface area contributed by atoms with Crippen molar-refractivity contribution >= 4 is 19.2 Å². The maximum Gasteiger partial charge on any atom is 0.222 e. The van der Waals surface area contributed by atoms with Crippen LogP contribution in [0.1, 0.15) is 31.4 Å². The van der Waals surface area contributed by atoms with Crippen LogP contribution < -0.4 is 10.00 Å². The maximum absolute atomic E-state index is 12.4. The summed E-state index contributed by atoms with van der Waals surface area (Å²) < 4.78 is 17.4. The SMILES string of the molecule is O=C([O-])[C@@H](Cc1ccco1)P(=O)([O-])CN1CCCCCC1=O. The van der Waals surface area contributed by atoms with Crippen molar-refractivity contribution in [1.82, 2.24) is 4.90 Å². The number of furan rings is 1. The summed E-state index contributed by atoms with van der Waals surface area (Å²) in [5.74, 6) is -1.66. The number of aliphatic carboxylic acids is 1. The fraction of sp³-hybridized carbons (Fsp3) is 0.571. The summed E-state index contributed by atoms with van der Waals surface area (Å²) in [7, 11) is -4.39. The molecule has 122 valence electrons. The fourth-order valence-corrected chi connectivity index (χ4v) is 4.28. The first-order valence-corrected chi connectivity index (χ1v) is 9.09. The third-order valence-electron chi connectivity index (χ3n) is 3.76. The van der Waals surface area contributed by atoms with E-state index in [0.29, 0.717) is 13.0 Å². The Morgan fingerprint density at radius 1 is 1.41 bits per heavy atom. The molecule has 0 bridgehead atoms. The molecular weight excluding hydrogens is 309 g/mol. The number of carbonyl (C=O) groups is 2. The second-order valence-electron chi connectivity index (χ2n) is 5.45. The molecule has 1 aliphatic heterocycles. The molecule has 0 radical (unpaired) electrons. The molecule has 2 rings (SSSR count). The lowest BCUT2D eigenvalue weighted by Gasteiger charge is -2.37. The Bertz CT molecular complexity index is 570. The molecule has 0 aliphatic carbocycles. The maximum atomic E-state index is 12.4. The lowest BCUT2D eigenvalue weighted by molar-refractivity contribution is -0.306. The molecule has 2 heterocycles. The highest BCUT2D eigenvalue weighted by Gasteiger charge is 2.29. The molecular formula is C14H18NO6P-2. The summed E-state index contributed by atoms with van der Waals surface area (Å²) in [4.78, 5) is 36.8. The lowest BCUT2D eigenvalue weighted by atomic mass is 10.2. The van der Waals surface area contributed by atoms with Gasteiger partial charge in [-0.05, 0) is 25.0 Å². The third kappa shape index (κ3) is 4.21. The summed E-state index contributed by atoms with van der Waals surface area (Å²) >= 11 is 0. The van der Waals surface area contributed by atoms with Gasteiger partial charge in [-0.1, -0.05) is 6.42 Å². The Hall–Kier alpha value is -1.59. The number of carbonyl (C=O) groups excluding carboxylic acids is 2. The number of rotatable bonds is 6. The van der Waals surface area contributed by atoms with Crippen LogP contribution in [0.15, 0.2) is 22.8 Å². The minimum Gasteiger partial charge on any atom is -0.798 e. The number of nitrogens with zero attached hydrogens (tertiary/aromatic N) is 1. The van der Waals surface area contributed by atoms with Gasteiger partial charge in [0.1, 0.15) is 5.76 Å². The van der Waals surface area contributed by atoms with Crippen molar-refractivity contribution in [2.24, 2.45) is 0 Å². The molecule has 0 spiro atoms. The van der Waals surface area contributed by atoms with Crippen LogP contribution in [0.4, 0.5) is 0 Å². The summed E-state index contributed by atoms with van der Waals surface area (Å²) in [6.45, 7) is 0.339. The normalized spacial score (nSPS) is 20.2. The number of carboxylic acid groups (broad SMARTS) is 1. The van der Waals surface area contributed by atoms with Gasteiger partial charge in [0.2, 0.25) is 5.91 Å². The van der Waals surface area contributed by atoms with E-state index in [1.165, 1.54) is 17.2 Å². The van der Waals surface area contributed by atoms with Crippen molar-refractivity contribution in [2.45, 2.75) is 37.8 Å². The first kappa shape index (κ1) is 16.8. The van der Waals surface area contributed by atoms with Crippen LogP contribution in [-0.2, 0) is 20.6 Å². The van der Waals surface area contributed by atoms with Gasteiger partial charge in [-0.2, -0.15) is 0 Å². The second kappa shape index (κ2) is 7.11. The predicted molar refractivity (Wildman–Crippen MR) is 73.9 cm³/mol. The molecule has 0 N–H and O–H groups in total. The Morgan fingerprint density at radius 3 is 2.82 bits per heavy atom. The van der Waals surface area contributed by atoms with E-state index >= 15 is 0 Å². The molecule has 7 nitrogen and oxygen atoms in total. The van der Waals surface area contributed by atoms with E-state index in [-0.39, 0.29) is 18.1 Å². The Kier molecular flexibility index (Phi) is 5.42. The molecule has 2 atom stereocenters. The van der Waals surface area contributed by atoms with Crippen LogP contribution in [0, 0.1) is 0 Å². The van der Waals surface area contributed by atoms with E-state index in [4.69, 9.17) is 4.42 Å². The molecule has 22 heavy (non-hydrogen) atoms. The van der Waals surface area contributed by atoms with E-state index in [1.807, 2.05) is 0 Å². The van der Waals surface area contributed by atoms with E-state index in [9.17, 15) is 24.2 Å². The summed E-state index contributed by atoms with van der Waals surface area (Å²) in [5, 5.41) is 11.2. The molecule has 1 saturated heterocycles. The number of likely N-dealkylation sites (tertiary alicyclic amines) is 1. The van der Waals surface area contributed by atoms with Gasteiger partial charge >= 0.3 is 0 Å². The van der Waals surface area contributed by atoms with Gasteiger partial charge in [-0.15, -0.1) is 0 Å². The Morgan fingerprint density at radius 2 is 2.18 bits per heavy atom. The monoisotopic (exact) mass is 327 g/mol. The van der Waals surface area contributed by atoms with Gasteiger partial charge in [0.15, 0.2) is 0 Å². The van der Waals surface area contributed by atoms with E-state index < -0.39 is 25.3 Å². The lowest BCUT2D eigenvalue weighted by Crippen LogP contribution is -2.43. The van der Waals surface area contributed by atoms with Gasteiger partial charge in [-0.25, -0.2) is 0 Å². The van der Waals surface area contributed by atoms with Crippen LogP contribution in [0.25, 0.3) is 0 Å². The number of hydrogen-bond donors (Lipinski definition) is 0. The molecule has 1 aromatic heterocycles. The van der Waals surface area contributed by atoms with Gasteiger partial charge in [-0.3, -0.25) is 4.79 Å². The summed E-state index contributed by atoms with van der Waals surface area (Å²) in [6.07, 6.45) is 3.10. The van der Waals surface area contributed by atoms with E-state index in [2.05, 4.69) is 0 Å². The predicted octanol–water partition coefficient (Wildman–Crippen LogP) is -0.0609. The average molecular weight is 327 g/mol. The van der Waals surface area contributed by atoms with Crippen LogP contribution in [0.5, 0.6) is 0 Å².